The summed E-state index contributed by atoms with van der Waals surface area (Å²) in [5, 5.41) is 0. The summed E-state index contributed by atoms with van der Waals surface area (Å²) in [6.07, 6.45) is 5.00. The maximum Gasteiger partial charge on any atom is 0.196 e. The van der Waals surface area contributed by atoms with Gasteiger partial charge in [0.1, 0.15) is 5.82 Å². The molecule has 19 heavy (non-hydrogen) atoms. The smallest absolute Gasteiger partial charge is 0.196 e. The predicted molar refractivity (Wildman–Crippen MR) is 75.7 cm³/mol. The number of rotatable bonds is 3. The standard InChI is InChI=1S/C15H20FN3/c1-15(9-11-4-2-5-11)10-18-14(17)19(15)13-7-3-6-12(16)8-13/h3,6-8,11H,2,4-5,9-10H2,1H3,(H2,17,18). The number of aliphatic imine (C=N–C) groups is 1. The summed E-state index contributed by atoms with van der Waals surface area (Å²) in [5.74, 6) is 1.04. The van der Waals surface area contributed by atoms with Crippen molar-refractivity contribution in [2.75, 3.05) is 11.4 Å². The van der Waals surface area contributed by atoms with E-state index in [-0.39, 0.29) is 11.4 Å². The molecule has 2 aliphatic rings. The van der Waals surface area contributed by atoms with Crippen molar-refractivity contribution in [1.29, 1.82) is 0 Å². The van der Waals surface area contributed by atoms with Crippen LogP contribution in [0.4, 0.5) is 10.1 Å². The molecule has 1 saturated carbocycles. The van der Waals surface area contributed by atoms with Crippen LogP contribution in [0, 0.1) is 11.7 Å². The van der Waals surface area contributed by atoms with Crippen LogP contribution >= 0.6 is 0 Å². The Labute approximate surface area is 113 Å². The Hall–Kier alpha value is -1.58. The monoisotopic (exact) mass is 261 g/mol. The molecule has 0 aromatic heterocycles. The molecule has 0 saturated heterocycles. The fourth-order valence-corrected chi connectivity index (χ4v) is 3.20. The van der Waals surface area contributed by atoms with Gasteiger partial charge in [-0.3, -0.25) is 4.99 Å². The molecule has 3 nitrogen and oxygen atoms in total. The molecule has 0 radical (unpaired) electrons. The van der Waals surface area contributed by atoms with Crippen LogP contribution in [0.25, 0.3) is 0 Å². The van der Waals surface area contributed by atoms with Crippen molar-refractivity contribution in [1.82, 2.24) is 0 Å². The Balaban J connectivity index is 1.88. The zero-order valence-corrected chi connectivity index (χ0v) is 11.3. The van der Waals surface area contributed by atoms with Crippen molar-refractivity contribution in [3.63, 3.8) is 0 Å². The molecule has 0 amide bonds. The minimum absolute atomic E-state index is 0.108. The van der Waals surface area contributed by atoms with E-state index in [1.807, 2.05) is 11.0 Å². The van der Waals surface area contributed by atoms with E-state index >= 15 is 0 Å². The van der Waals surface area contributed by atoms with E-state index in [1.54, 1.807) is 6.07 Å². The number of nitrogens with two attached hydrogens (primary N) is 1. The zero-order valence-electron chi connectivity index (χ0n) is 11.3. The Morgan fingerprint density at radius 1 is 1.47 bits per heavy atom. The van der Waals surface area contributed by atoms with Gasteiger partial charge in [-0.25, -0.2) is 4.39 Å². The van der Waals surface area contributed by atoms with Gasteiger partial charge >= 0.3 is 0 Å². The number of hydrogen-bond donors (Lipinski definition) is 1. The summed E-state index contributed by atoms with van der Waals surface area (Å²) in [4.78, 5) is 6.39. The highest BCUT2D eigenvalue weighted by atomic mass is 19.1. The summed E-state index contributed by atoms with van der Waals surface area (Å²) >= 11 is 0. The lowest BCUT2D eigenvalue weighted by molar-refractivity contribution is 0.243. The maximum atomic E-state index is 13.4. The fourth-order valence-electron chi connectivity index (χ4n) is 3.20. The molecule has 0 bridgehead atoms. The SMILES string of the molecule is CC1(CC2CCC2)CN=C(N)N1c1cccc(F)c1. The average Bonchev–Trinajstić information content (AvgIpc) is 2.61. The summed E-state index contributed by atoms with van der Waals surface area (Å²) in [6, 6.07) is 6.61. The van der Waals surface area contributed by atoms with Crippen LogP contribution in [0.5, 0.6) is 0 Å². The quantitative estimate of drug-likeness (QED) is 0.909. The predicted octanol–water partition coefficient (Wildman–Crippen LogP) is 2.91. The van der Waals surface area contributed by atoms with Gasteiger partial charge < -0.3 is 10.6 Å². The zero-order chi connectivity index (χ0) is 13.5. The Morgan fingerprint density at radius 3 is 2.89 bits per heavy atom. The molecule has 102 valence electrons. The molecular formula is C15H20FN3. The number of guanidine groups is 1. The molecule has 1 fully saturated rings. The largest absolute Gasteiger partial charge is 0.369 e. The second-order valence-electron chi connectivity index (χ2n) is 5.99. The van der Waals surface area contributed by atoms with E-state index < -0.39 is 0 Å². The van der Waals surface area contributed by atoms with Gasteiger partial charge in [-0.05, 0) is 37.5 Å². The van der Waals surface area contributed by atoms with Crippen molar-refractivity contribution in [3.8, 4) is 0 Å². The van der Waals surface area contributed by atoms with Crippen LogP contribution in [0.15, 0.2) is 29.3 Å². The first-order valence-corrected chi connectivity index (χ1v) is 6.94. The topological polar surface area (TPSA) is 41.6 Å². The van der Waals surface area contributed by atoms with Crippen LogP contribution in [0.3, 0.4) is 0 Å². The van der Waals surface area contributed by atoms with Crippen molar-refractivity contribution in [2.24, 2.45) is 16.6 Å². The van der Waals surface area contributed by atoms with Gasteiger partial charge in [0.2, 0.25) is 0 Å². The lowest BCUT2D eigenvalue weighted by atomic mass is 9.76. The molecule has 1 aromatic carbocycles. The number of anilines is 1. The lowest BCUT2D eigenvalue weighted by Gasteiger charge is -2.41. The van der Waals surface area contributed by atoms with Gasteiger partial charge in [0, 0.05) is 5.69 Å². The minimum atomic E-state index is -0.233. The van der Waals surface area contributed by atoms with E-state index in [0.717, 1.165) is 18.0 Å². The first-order chi connectivity index (χ1) is 9.08. The van der Waals surface area contributed by atoms with Crippen LogP contribution in [0.1, 0.15) is 32.6 Å². The highest BCUT2D eigenvalue weighted by molar-refractivity contribution is 5.98. The van der Waals surface area contributed by atoms with E-state index in [1.165, 1.54) is 31.4 Å². The molecule has 4 heteroatoms. The second kappa shape index (κ2) is 4.51. The molecule has 1 aromatic rings. The van der Waals surface area contributed by atoms with Gasteiger partial charge in [0.15, 0.2) is 5.96 Å². The molecular weight excluding hydrogens is 241 g/mol. The third-order valence-corrected chi connectivity index (χ3v) is 4.37. The van der Waals surface area contributed by atoms with E-state index in [0.29, 0.717) is 12.5 Å². The third kappa shape index (κ3) is 2.20. The molecule has 1 heterocycles. The Morgan fingerprint density at radius 2 is 2.26 bits per heavy atom. The van der Waals surface area contributed by atoms with Gasteiger partial charge in [-0.1, -0.05) is 25.3 Å². The molecule has 1 aliphatic heterocycles. The van der Waals surface area contributed by atoms with Crippen LogP contribution in [-0.4, -0.2) is 18.0 Å². The molecule has 1 aliphatic carbocycles. The normalized spacial score (nSPS) is 27.3. The van der Waals surface area contributed by atoms with E-state index in [2.05, 4.69) is 11.9 Å². The van der Waals surface area contributed by atoms with Crippen LogP contribution in [-0.2, 0) is 0 Å². The highest BCUT2D eigenvalue weighted by Crippen LogP contribution is 2.39. The highest BCUT2D eigenvalue weighted by Gasteiger charge is 2.41. The molecule has 0 spiro atoms. The first-order valence-electron chi connectivity index (χ1n) is 6.94. The summed E-state index contributed by atoms with van der Waals surface area (Å²) in [5.41, 5.74) is 6.72. The van der Waals surface area contributed by atoms with Crippen molar-refractivity contribution >= 4 is 11.6 Å². The van der Waals surface area contributed by atoms with Gasteiger partial charge in [0.25, 0.3) is 0 Å². The molecule has 2 N–H and O–H groups in total. The average molecular weight is 261 g/mol. The molecule has 3 rings (SSSR count). The number of hydrogen-bond acceptors (Lipinski definition) is 3. The Bertz CT molecular complexity index is 510. The van der Waals surface area contributed by atoms with Crippen molar-refractivity contribution in [2.45, 2.75) is 38.1 Å². The number of nitrogens with zero attached hydrogens (tertiary/aromatic N) is 2. The van der Waals surface area contributed by atoms with Crippen molar-refractivity contribution in [3.05, 3.63) is 30.1 Å². The molecule has 1 atom stereocenters. The summed E-state index contributed by atoms with van der Waals surface area (Å²) in [6.45, 7) is 2.88. The Kier molecular flexibility index (Phi) is 2.96. The molecule has 1 unspecified atom stereocenters. The maximum absolute atomic E-state index is 13.4. The van der Waals surface area contributed by atoms with Crippen molar-refractivity contribution < 1.29 is 4.39 Å². The van der Waals surface area contributed by atoms with E-state index in [9.17, 15) is 4.39 Å². The summed E-state index contributed by atoms with van der Waals surface area (Å²) < 4.78 is 13.4. The number of benzene rings is 1. The first kappa shape index (κ1) is 12.5. The van der Waals surface area contributed by atoms with Gasteiger partial charge in [0.05, 0.1) is 12.1 Å². The minimum Gasteiger partial charge on any atom is -0.369 e. The second-order valence-corrected chi connectivity index (χ2v) is 5.99. The third-order valence-electron chi connectivity index (χ3n) is 4.37. The van der Waals surface area contributed by atoms with Gasteiger partial charge in [-0.2, -0.15) is 0 Å². The van der Waals surface area contributed by atoms with Crippen LogP contribution < -0.4 is 10.6 Å². The summed E-state index contributed by atoms with van der Waals surface area (Å²) in [7, 11) is 0. The van der Waals surface area contributed by atoms with Crippen LogP contribution in [0.2, 0.25) is 0 Å². The fraction of sp³-hybridized carbons (Fsp3) is 0.533. The van der Waals surface area contributed by atoms with Gasteiger partial charge in [-0.15, -0.1) is 0 Å². The van der Waals surface area contributed by atoms with E-state index in [4.69, 9.17) is 5.73 Å². The lowest BCUT2D eigenvalue weighted by Crippen LogP contribution is -2.51. The number of halogens is 1.